The molecule has 0 unspecified atom stereocenters. The largest absolute Gasteiger partial charge is 0.489 e. The summed E-state index contributed by atoms with van der Waals surface area (Å²) in [6.07, 6.45) is -8.90. The van der Waals surface area contributed by atoms with Gasteiger partial charge < -0.3 is 21.5 Å². The molecule has 0 aliphatic carbocycles. The van der Waals surface area contributed by atoms with Crippen LogP contribution in [0.4, 0.5) is 37.7 Å². The van der Waals surface area contributed by atoms with Crippen LogP contribution in [0.25, 0.3) is 11.1 Å². The molecule has 6 N–H and O–H groups in total. The van der Waals surface area contributed by atoms with Gasteiger partial charge in [0.05, 0.1) is 11.1 Å². The van der Waals surface area contributed by atoms with E-state index in [2.05, 4.69) is 22.6 Å². The van der Waals surface area contributed by atoms with E-state index in [1.54, 1.807) is 30.3 Å². The highest BCUT2D eigenvalue weighted by molar-refractivity contribution is 14.1. The van der Waals surface area contributed by atoms with Gasteiger partial charge in [0.1, 0.15) is 0 Å². The summed E-state index contributed by atoms with van der Waals surface area (Å²) in [4.78, 5) is 0. The molecule has 0 aromatic heterocycles. The summed E-state index contributed by atoms with van der Waals surface area (Å²) < 4.78 is 76.1. The molecule has 4 rings (SSSR count). The first-order valence-corrected chi connectivity index (χ1v) is 11.8. The molecule has 4 aromatic carbocycles. The number of anilines is 2. The number of benzene rings is 4. The topological polar surface area (TPSA) is 92.5 Å². The predicted molar refractivity (Wildman–Crippen MR) is 146 cm³/mol. The Morgan fingerprint density at radius 2 is 1.00 bits per heavy atom. The van der Waals surface area contributed by atoms with Crippen LogP contribution in [0, 0.1) is 3.57 Å². The van der Waals surface area contributed by atoms with Crippen LogP contribution in [0.3, 0.4) is 0 Å². The maximum atomic E-state index is 12.8. The summed E-state index contributed by atoms with van der Waals surface area (Å²) in [6, 6.07) is 23.9. The molecular formula is C26H22BF6IN2O2. The number of halogens is 7. The SMILES string of the molecule is Nc1ccc(-c2ccccc2C(F)(F)F)cc1.Nc1ccc(I)cc1.OB(O)c1ccccc1C(F)(F)F. The van der Waals surface area contributed by atoms with Crippen LogP contribution in [0.5, 0.6) is 0 Å². The Labute approximate surface area is 229 Å². The van der Waals surface area contributed by atoms with E-state index >= 15 is 0 Å². The van der Waals surface area contributed by atoms with E-state index in [9.17, 15) is 26.3 Å². The Bertz CT molecular complexity index is 1280. The lowest BCUT2D eigenvalue weighted by Gasteiger charge is -2.12. The van der Waals surface area contributed by atoms with Crippen LogP contribution in [-0.4, -0.2) is 17.2 Å². The Hall–Kier alpha value is -3.23. The standard InChI is InChI=1S/C13H10F3N.C7H6BF3O2.C6H6IN/c14-13(15,16)12-4-2-1-3-11(12)9-5-7-10(17)8-6-9;9-7(10,11)5-3-1-2-4-6(5)8(12)13;7-5-1-3-6(8)4-2-5/h1-8H,17H2;1-4,12-13H;1-4H,8H2. The van der Waals surface area contributed by atoms with Gasteiger partial charge in [-0.05, 0) is 81.6 Å². The number of hydrogen-bond acceptors (Lipinski definition) is 4. The van der Waals surface area contributed by atoms with Gasteiger partial charge in [0.2, 0.25) is 0 Å². The molecule has 0 radical (unpaired) electrons. The fraction of sp³-hybridized carbons (Fsp3) is 0.0769. The number of nitrogens with two attached hydrogens (primary N) is 2. The van der Waals surface area contributed by atoms with Crippen LogP contribution in [0.15, 0.2) is 97.1 Å². The van der Waals surface area contributed by atoms with Crippen molar-refractivity contribution < 1.29 is 36.4 Å². The van der Waals surface area contributed by atoms with Crippen molar-refractivity contribution in [2.45, 2.75) is 12.4 Å². The molecule has 0 spiro atoms. The van der Waals surface area contributed by atoms with Crippen molar-refractivity contribution in [1.82, 2.24) is 0 Å². The maximum absolute atomic E-state index is 12.8. The van der Waals surface area contributed by atoms with Gasteiger partial charge in [-0.15, -0.1) is 0 Å². The molecule has 4 nitrogen and oxygen atoms in total. The maximum Gasteiger partial charge on any atom is 0.489 e. The van der Waals surface area contributed by atoms with Crippen LogP contribution in [0.2, 0.25) is 0 Å². The summed E-state index contributed by atoms with van der Waals surface area (Å²) in [5.41, 5.74) is 10.8. The van der Waals surface area contributed by atoms with Crippen molar-refractivity contribution in [3.05, 3.63) is 112 Å². The second kappa shape index (κ2) is 13.5. The van der Waals surface area contributed by atoms with Crippen molar-refractivity contribution in [3.8, 4) is 11.1 Å². The summed E-state index contributed by atoms with van der Waals surface area (Å²) >= 11 is 2.24. The minimum atomic E-state index is -4.56. The summed E-state index contributed by atoms with van der Waals surface area (Å²) in [5, 5.41) is 17.2. The first-order valence-electron chi connectivity index (χ1n) is 10.8. The molecule has 4 aromatic rings. The summed E-state index contributed by atoms with van der Waals surface area (Å²) in [7, 11) is -2.10. The molecule has 0 atom stereocenters. The van der Waals surface area contributed by atoms with Crippen LogP contribution < -0.4 is 16.9 Å². The highest BCUT2D eigenvalue weighted by atomic mass is 127. The molecular weight excluding hydrogens is 624 g/mol. The molecule has 200 valence electrons. The minimum absolute atomic E-state index is 0.167. The third-order valence-corrected chi connectivity index (χ3v) is 5.59. The average molecular weight is 646 g/mol. The number of alkyl halides is 6. The quantitative estimate of drug-likeness (QED) is 0.0903. The molecule has 12 heteroatoms. The lowest BCUT2D eigenvalue weighted by atomic mass is 9.77. The molecule has 0 saturated carbocycles. The predicted octanol–water partition coefficient (Wildman–Crippen LogP) is 6.21. The first-order chi connectivity index (χ1) is 17.7. The van der Waals surface area contributed by atoms with E-state index in [0.29, 0.717) is 11.3 Å². The number of rotatable bonds is 2. The zero-order valence-corrected chi connectivity index (χ0v) is 21.7. The van der Waals surface area contributed by atoms with Crippen molar-refractivity contribution in [3.63, 3.8) is 0 Å². The van der Waals surface area contributed by atoms with Crippen LogP contribution in [-0.2, 0) is 12.4 Å². The first kappa shape index (κ1) is 31.0. The molecule has 0 aliphatic heterocycles. The van der Waals surface area contributed by atoms with E-state index in [0.717, 1.165) is 23.9 Å². The summed E-state index contributed by atoms with van der Waals surface area (Å²) in [6.45, 7) is 0. The van der Waals surface area contributed by atoms with Crippen molar-refractivity contribution in [2.75, 3.05) is 11.5 Å². The third kappa shape index (κ3) is 9.58. The molecule has 0 aliphatic rings. The Balaban J connectivity index is 0.000000214. The van der Waals surface area contributed by atoms with Crippen molar-refractivity contribution >= 4 is 46.5 Å². The lowest BCUT2D eigenvalue weighted by Crippen LogP contribution is -2.35. The zero-order valence-electron chi connectivity index (χ0n) is 19.5. The highest BCUT2D eigenvalue weighted by Gasteiger charge is 2.35. The Morgan fingerprint density at radius 3 is 1.42 bits per heavy atom. The molecule has 0 amide bonds. The van der Waals surface area contributed by atoms with Gasteiger partial charge in [-0.25, -0.2) is 0 Å². The second-order valence-corrected chi connectivity index (χ2v) is 8.92. The number of nitrogen functional groups attached to an aromatic ring is 2. The smallest absolute Gasteiger partial charge is 0.423 e. The fourth-order valence-corrected chi connectivity index (χ4v) is 3.45. The summed E-state index contributed by atoms with van der Waals surface area (Å²) in [5.74, 6) is 0. The molecule has 0 fully saturated rings. The third-order valence-electron chi connectivity index (χ3n) is 4.87. The minimum Gasteiger partial charge on any atom is -0.423 e. The Kier molecular flexibility index (Phi) is 11.0. The highest BCUT2D eigenvalue weighted by Crippen LogP contribution is 2.37. The zero-order chi connectivity index (χ0) is 28.5. The van der Waals surface area contributed by atoms with E-state index in [1.807, 2.05) is 24.3 Å². The van der Waals surface area contributed by atoms with Crippen molar-refractivity contribution in [2.24, 2.45) is 0 Å². The molecule has 0 saturated heterocycles. The van der Waals surface area contributed by atoms with E-state index in [4.69, 9.17) is 21.5 Å². The van der Waals surface area contributed by atoms with Crippen molar-refractivity contribution in [1.29, 1.82) is 0 Å². The van der Waals surface area contributed by atoms with Crippen LogP contribution in [0.1, 0.15) is 11.1 Å². The van der Waals surface area contributed by atoms with E-state index in [-0.39, 0.29) is 5.56 Å². The fourth-order valence-electron chi connectivity index (χ4n) is 3.09. The van der Waals surface area contributed by atoms with Crippen LogP contribution >= 0.6 is 22.6 Å². The van der Waals surface area contributed by atoms with Gasteiger partial charge >= 0.3 is 19.5 Å². The number of hydrogen-bond donors (Lipinski definition) is 4. The van der Waals surface area contributed by atoms with Gasteiger partial charge in [0.25, 0.3) is 0 Å². The van der Waals surface area contributed by atoms with Gasteiger partial charge in [0, 0.05) is 14.9 Å². The monoisotopic (exact) mass is 646 g/mol. The Morgan fingerprint density at radius 1 is 0.579 bits per heavy atom. The normalized spacial score (nSPS) is 11.0. The van der Waals surface area contributed by atoms with E-state index in [1.165, 1.54) is 27.8 Å². The van der Waals surface area contributed by atoms with Gasteiger partial charge in [0.15, 0.2) is 0 Å². The van der Waals surface area contributed by atoms with Gasteiger partial charge in [-0.3, -0.25) is 0 Å². The average Bonchev–Trinajstić information content (AvgIpc) is 2.86. The van der Waals surface area contributed by atoms with Gasteiger partial charge in [-0.1, -0.05) is 54.6 Å². The lowest BCUT2D eigenvalue weighted by molar-refractivity contribution is -0.137. The second-order valence-electron chi connectivity index (χ2n) is 7.68. The molecule has 38 heavy (non-hydrogen) atoms. The van der Waals surface area contributed by atoms with Gasteiger partial charge in [-0.2, -0.15) is 26.3 Å². The molecule has 0 heterocycles. The molecule has 0 bridgehead atoms. The van der Waals surface area contributed by atoms with E-state index < -0.39 is 36.1 Å².